The van der Waals surface area contributed by atoms with Crippen molar-refractivity contribution < 1.29 is 13.9 Å². The van der Waals surface area contributed by atoms with Crippen LogP contribution in [0.2, 0.25) is 0 Å². The molecule has 19 heavy (non-hydrogen) atoms. The standard InChI is InChI=1S/C14H19FN2O2/c1-10-7-11(15)3-4-13(10)14(18)17-5-6-19-12(9-17)8-16-2/h3-4,7,12,16H,5-6,8-9H2,1-2H3. The zero-order chi connectivity index (χ0) is 13.8. The first-order valence-electron chi connectivity index (χ1n) is 6.43. The smallest absolute Gasteiger partial charge is 0.254 e. The van der Waals surface area contributed by atoms with Crippen LogP contribution >= 0.6 is 0 Å². The molecule has 104 valence electrons. The number of carbonyl (C=O) groups excluding carboxylic acids is 1. The van der Waals surface area contributed by atoms with E-state index in [4.69, 9.17) is 4.74 Å². The number of morpholine rings is 1. The first-order chi connectivity index (χ1) is 9.11. The molecule has 5 heteroatoms. The number of hydrogen-bond donors (Lipinski definition) is 1. The molecular formula is C14H19FN2O2. The van der Waals surface area contributed by atoms with E-state index in [0.717, 1.165) is 0 Å². The van der Waals surface area contributed by atoms with Crippen LogP contribution in [-0.2, 0) is 4.74 Å². The average Bonchev–Trinajstić information content (AvgIpc) is 2.39. The van der Waals surface area contributed by atoms with E-state index in [9.17, 15) is 9.18 Å². The highest BCUT2D eigenvalue weighted by atomic mass is 19.1. The van der Waals surface area contributed by atoms with Gasteiger partial charge in [0, 0.05) is 25.2 Å². The Bertz CT molecular complexity index is 463. The van der Waals surface area contributed by atoms with Crippen LogP contribution < -0.4 is 5.32 Å². The second kappa shape index (κ2) is 6.12. The summed E-state index contributed by atoms with van der Waals surface area (Å²) >= 11 is 0. The van der Waals surface area contributed by atoms with Gasteiger partial charge in [-0.3, -0.25) is 4.79 Å². The molecule has 1 aromatic rings. The number of benzene rings is 1. The van der Waals surface area contributed by atoms with E-state index in [2.05, 4.69) is 5.32 Å². The van der Waals surface area contributed by atoms with Gasteiger partial charge in [0.25, 0.3) is 5.91 Å². The molecule has 2 rings (SSSR count). The number of likely N-dealkylation sites (N-methyl/N-ethyl adjacent to an activating group) is 1. The van der Waals surface area contributed by atoms with Gasteiger partial charge in [-0.2, -0.15) is 0 Å². The third-order valence-corrected chi connectivity index (χ3v) is 3.28. The number of nitrogens with zero attached hydrogens (tertiary/aromatic N) is 1. The minimum Gasteiger partial charge on any atom is -0.373 e. The minimum absolute atomic E-state index is 0.0171. The third kappa shape index (κ3) is 3.30. The fourth-order valence-corrected chi connectivity index (χ4v) is 2.29. The van der Waals surface area contributed by atoms with Crippen LogP contribution in [0.4, 0.5) is 4.39 Å². The Morgan fingerprint density at radius 1 is 1.58 bits per heavy atom. The van der Waals surface area contributed by atoms with Gasteiger partial charge in [-0.05, 0) is 37.7 Å². The molecule has 1 atom stereocenters. The van der Waals surface area contributed by atoms with Gasteiger partial charge in [0.1, 0.15) is 5.82 Å². The topological polar surface area (TPSA) is 41.6 Å². The predicted molar refractivity (Wildman–Crippen MR) is 70.7 cm³/mol. The van der Waals surface area contributed by atoms with Gasteiger partial charge in [-0.25, -0.2) is 4.39 Å². The van der Waals surface area contributed by atoms with E-state index in [1.165, 1.54) is 12.1 Å². The lowest BCUT2D eigenvalue weighted by Gasteiger charge is -2.33. The summed E-state index contributed by atoms with van der Waals surface area (Å²) in [5.41, 5.74) is 1.23. The fourth-order valence-electron chi connectivity index (χ4n) is 2.29. The molecule has 1 aliphatic rings. The second-order valence-corrected chi connectivity index (χ2v) is 4.76. The third-order valence-electron chi connectivity index (χ3n) is 3.28. The average molecular weight is 266 g/mol. The van der Waals surface area contributed by atoms with E-state index in [1.54, 1.807) is 17.9 Å². The lowest BCUT2D eigenvalue weighted by Crippen LogP contribution is -2.48. The number of amides is 1. The van der Waals surface area contributed by atoms with Crippen molar-refractivity contribution in [2.24, 2.45) is 0 Å². The number of carbonyl (C=O) groups is 1. The molecule has 1 heterocycles. The van der Waals surface area contributed by atoms with E-state index in [-0.39, 0.29) is 17.8 Å². The quantitative estimate of drug-likeness (QED) is 0.893. The molecule has 4 nitrogen and oxygen atoms in total. The van der Waals surface area contributed by atoms with Crippen LogP contribution in [0.5, 0.6) is 0 Å². The van der Waals surface area contributed by atoms with Crippen LogP contribution in [0.1, 0.15) is 15.9 Å². The van der Waals surface area contributed by atoms with Crippen LogP contribution in [0.15, 0.2) is 18.2 Å². The summed E-state index contributed by atoms with van der Waals surface area (Å²) in [6, 6.07) is 4.26. The highest BCUT2D eigenvalue weighted by molar-refractivity contribution is 5.95. The van der Waals surface area contributed by atoms with Gasteiger partial charge >= 0.3 is 0 Å². The van der Waals surface area contributed by atoms with Gasteiger partial charge in [0.15, 0.2) is 0 Å². The molecule has 1 saturated heterocycles. The zero-order valence-electron chi connectivity index (χ0n) is 11.3. The first kappa shape index (κ1) is 14.0. The van der Waals surface area contributed by atoms with Crippen LogP contribution in [-0.4, -0.2) is 50.2 Å². The largest absolute Gasteiger partial charge is 0.373 e. The Balaban J connectivity index is 2.10. The lowest BCUT2D eigenvalue weighted by atomic mass is 10.1. The maximum Gasteiger partial charge on any atom is 0.254 e. The van der Waals surface area contributed by atoms with Crippen molar-refractivity contribution in [2.45, 2.75) is 13.0 Å². The van der Waals surface area contributed by atoms with Crippen LogP contribution in [0.3, 0.4) is 0 Å². The highest BCUT2D eigenvalue weighted by Gasteiger charge is 2.25. The molecular weight excluding hydrogens is 247 g/mol. The Morgan fingerprint density at radius 2 is 2.37 bits per heavy atom. The van der Waals surface area contributed by atoms with E-state index >= 15 is 0 Å². The van der Waals surface area contributed by atoms with E-state index < -0.39 is 0 Å². The molecule has 0 bridgehead atoms. The monoisotopic (exact) mass is 266 g/mol. The van der Waals surface area contributed by atoms with Gasteiger partial charge in [0.2, 0.25) is 0 Å². The molecule has 0 aromatic heterocycles. The van der Waals surface area contributed by atoms with Crippen molar-refractivity contribution in [1.82, 2.24) is 10.2 Å². The van der Waals surface area contributed by atoms with Crippen molar-refractivity contribution in [3.05, 3.63) is 35.1 Å². The molecule has 1 unspecified atom stereocenters. The summed E-state index contributed by atoms with van der Waals surface area (Å²) in [5.74, 6) is -0.369. The number of ether oxygens (including phenoxy) is 1. The summed E-state index contributed by atoms with van der Waals surface area (Å²) in [7, 11) is 1.86. The normalized spacial score (nSPS) is 19.5. The van der Waals surface area contributed by atoms with Gasteiger partial charge in [-0.1, -0.05) is 0 Å². The molecule has 1 N–H and O–H groups in total. The molecule has 1 amide bonds. The summed E-state index contributed by atoms with van der Waals surface area (Å²) < 4.78 is 18.6. The molecule has 0 aliphatic carbocycles. The highest BCUT2D eigenvalue weighted by Crippen LogP contribution is 2.15. The fraction of sp³-hybridized carbons (Fsp3) is 0.500. The number of halogens is 1. The molecule has 1 aliphatic heterocycles. The lowest BCUT2D eigenvalue weighted by molar-refractivity contribution is -0.0196. The van der Waals surface area contributed by atoms with Crippen molar-refractivity contribution in [2.75, 3.05) is 33.3 Å². The number of nitrogens with one attached hydrogen (secondary N) is 1. The zero-order valence-corrected chi connectivity index (χ0v) is 11.3. The maximum absolute atomic E-state index is 13.1. The molecule has 0 radical (unpaired) electrons. The summed E-state index contributed by atoms with van der Waals surface area (Å²) in [6.45, 7) is 4.15. The summed E-state index contributed by atoms with van der Waals surface area (Å²) in [5, 5.41) is 3.04. The molecule has 1 aromatic carbocycles. The van der Waals surface area contributed by atoms with Crippen LogP contribution in [0, 0.1) is 12.7 Å². The Kier molecular flexibility index (Phi) is 4.50. The van der Waals surface area contributed by atoms with Crippen molar-refractivity contribution in [3.63, 3.8) is 0 Å². The van der Waals surface area contributed by atoms with Crippen LogP contribution in [0.25, 0.3) is 0 Å². The molecule has 0 spiro atoms. The number of rotatable bonds is 3. The SMILES string of the molecule is CNCC1CN(C(=O)c2ccc(F)cc2C)CCO1. The molecule has 1 fully saturated rings. The summed E-state index contributed by atoms with van der Waals surface area (Å²) in [6.07, 6.45) is 0.0171. The van der Waals surface area contributed by atoms with Gasteiger partial charge < -0.3 is 15.0 Å². The van der Waals surface area contributed by atoms with Gasteiger partial charge in [0.05, 0.1) is 12.7 Å². The second-order valence-electron chi connectivity index (χ2n) is 4.76. The number of hydrogen-bond acceptors (Lipinski definition) is 3. The predicted octanol–water partition coefficient (Wildman–Crippen LogP) is 1.19. The Labute approximate surface area is 112 Å². The van der Waals surface area contributed by atoms with E-state index in [0.29, 0.717) is 37.4 Å². The Morgan fingerprint density at radius 3 is 3.05 bits per heavy atom. The van der Waals surface area contributed by atoms with Gasteiger partial charge in [-0.15, -0.1) is 0 Å². The van der Waals surface area contributed by atoms with Crippen molar-refractivity contribution in [3.8, 4) is 0 Å². The summed E-state index contributed by atoms with van der Waals surface area (Å²) in [4.78, 5) is 14.2. The number of aryl methyl sites for hydroxylation is 1. The van der Waals surface area contributed by atoms with Crippen molar-refractivity contribution in [1.29, 1.82) is 0 Å². The Hall–Kier alpha value is -1.46. The molecule has 0 saturated carbocycles. The van der Waals surface area contributed by atoms with Crippen molar-refractivity contribution >= 4 is 5.91 Å². The maximum atomic E-state index is 13.1. The first-order valence-corrected chi connectivity index (χ1v) is 6.43. The minimum atomic E-state index is -0.316. The van der Waals surface area contributed by atoms with E-state index in [1.807, 2.05) is 7.05 Å².